The van der Waals surface area contributed by atoms with Crippen LogP contribution in [-0.4, -0.2) is 23.4 Å². The summed E-state index contributed by atoms with van der Waals surface area (Å²) < 4.78 is 12.7. The fraction of sp³-hybridized carbons (Fsp3) is 0.500. The van der Waals surface area contributed by atoms with Crippen LogP contribution in [0.25, 0.3) is 11.5 Å². The van der Waals surface area contributed by atoms with Gasteiger partial charge in [-0.15, -0.1) is 11.3 Å². The minimum absolute atomic E-state index is 0.355. The third-order valence-electron chi connectivity index (χ3n) is 2.57. The highest BCUT2D eigenvalue weighted by atomic mass is 79.9. The first-order valence-corrected chi connectivity index (χ1v) is 8.50. The lowest BCUT2D eigenvalue weighted by atomic mass is 10.1. The molecule has 0 saturated carbocycles. The Bertz CT molecular complexity index is 583. The number of hydrogen-bond acceptors (Lipinski definition) is 6. The van der Waals surface area contributed by atoms with Gasteiger partial charge < -0.3 is 15.0 Å². The Morgan fingerprint density at radius 3 is 2.85 bits per heavy atom. The molecule has 0 aliphatic rings. The lowest BCUT2D eigenvalue weighted by Gasteiger charge is -2.19. The summed E-state index contributed by atoms with van der Waals surface area (Å²) in [6, 6.07) is 1.92. The summed E-state index contributed by atoms with van der Waals surface area (Å²) in [6.07, 6.45) is 0.948. The van der Waals surface area contributed by atoms with Crippen molar-refractivity contribution in [2.45, 2.75) is 25.8 Å². The quantitative estimate of drug-likeness (QED) is 0.711. The van der Waals surface area contributed by atoms with E-state index in [1.54, 1.807) is 11.3 Å². The number of thiophene rings is 1. The Balaban J connectivity index is 2.18. The van der Waals surface area contributed by atoms with E-state index in [9.17, 15) is 0 Å². The summed E-state index contributed by atoms with van der Waals surface area (Å²) in [5.74, 6) is 0.888. The number of nitrogens with zero attached hydrogens (tertiary/aromatic N) is 2. The predicted molar refractivity (Wildman–Crippen MR) is 85.7 cm³/mol. The van der Waals surface area contributed by atoms with Crippen molar-refractivity contribution in [1.29, 1.82) is 0 Å². The second kappa shape index (κ2) is 6.65. The molecular formula is C12H15Br2N3O2S. The number of halogens is 2. The molecule has 2 rings (SSSR count). The topological polar surface area (TPSA) is 74.2 Å². The van der Waals surface area contributed by atoms with E-state index in [-0.39, 0.29) is 0 Å². The van der Waals surface area contributed by atoms with Gasteiger partial charge in [0, 0.05) is 6.61 Å². The molecule has 0 radical (unpaired) electrons. The van der Waals surface area contributed by atoms with Gasteiger partial charge in [-0.25, -0.2) is 0 Å². The van der Waals surface area contributed by atoms with Crippen LogP contribution in [0.3, 0.4) is 0 Å². The molecule has 2 N–H and O–H groups in total. The van der Waals surface area contributed by atoms with E-state index in [2.05, 4.69) is 42.0 Å². The van der Waals surface area contributed by atoms with Crippen LogP contribution in [0.15, 0.2) is 18.2 Å². The molecule has 1 atom stereocenters. The molecule has 8 heteroatoms. The lowest BCUT2D eigenvalue weighted by Crippen LogP contribution is -2.39. The molecule has 0 aliphatic carbocycles. The number of nitrogens with two attached hydrogens (primary N) is 1. The highest BCUT2D eigenvalue weighted by Gasteiger charge is 2.28. The fourth-order valence-corrected chi connectivity index (χ4v) is 4.32. The van der Waals surface area contributed by atoms with Crippen LogP contribution >= 0.6 is 43.2 Å². The van der Waals surface area contributed by atoms with Crippen LogP contribution in [-0.2, 0) is 10.3 Å². The fourth-order valence-electron chi connectivity index (χ4n) is 1.54. The standard InChI is InChI=1S/C12H15Br2N3O2S/c1-3-4-18-6-12(2,15)11-16-10(19-17-11)7-5-8(13)20-9(7)14/h5H,3-4,6,15H2,1-2H3. The van der Waals surface area contributed by atoms with Gasteiger partial charge in [-0.05, 0) is 51.3 Å². The third-order valence-corrected chi connectivity index (χ3v) is 4.91. The van der Waals surface area contributed by atoms with Crippen molar-refractivity contribution in [3.8, 4) is 11.5 Å². The molecule has 0 fully saturated rings. The maximum atomic E-state index is 6.19. The highest BCUT2D eigenvalue weighted by molar-refractivity contribution is 9.12. The maximum Gasteiger partial charge on any atom is 0.260 e. The average Bonchev–Trinajstić information content (AvgIpc) is 2.96. The van der Waals surface area contributed by atoms with E-state index < -0.39 is 5.54 Å². The van der Waals surface area contributed by atoms with Crippen LogP contribution in [0.1, 0.15) is 26.1 Å². The van der Waals surface area contributed by atoms with Crippen molar-refractivity contribution in [3.63, 3.8) is 0 Å². The van der Waals surface area contributed by atoms with E-state index in [1.807, 2.05) is 19.9 Å². The van der Waals surface area contributed by atoms with Gasteiger partial charge >= 0.3 is 0 Å². The average molecular weight is 425 g/mol. The molecule has 20 heavy (non-hydrogen) atoms. The summed E-state index contributed by atoms with van der Waals surface area (Å²) in [7, 11) is 0. The van der Waals surface area contributed by atoms with Crippen LogP contribution in [0.2, 0.25) is 0 Å². The normalized spacial score (nSPS) is 14.4. The summed E-state index contributed by atoms with van der Waals surface area (Å²) >= 11 is 8.44. The lowest BCUT2D eigenvalue weighted by molar-refractivity contribution is 0.0867. The molecule has 0 spiro atoms. The van der Waals surface area contributed by atoms with Gasteiger partial charge in [0.05, 0.1) is 19.7 Å². The minimum atomic E-state index is -0.767. The first kappa shape index (κ1) is 16.1. The van der Waals surface area contributed by atoms with Crippen LogP contribution in [0.5, 0.6) is 0 Å². The SMILES string of the molecule is CCCOCC(C)(N)c1noc(-c2cc(Br)sc2Br)n1. The predicted octanol–water partition coefficient (Wildman–Crippen LogP) is 3.92. The van der Waals surface area contributed by atoms with Crippen LogP contribution in [0.4, 0.5) is 0 Å². The number of ether oxygens (including phenoxy) is 1. The van der Waals surface area contributed by atoms with Gasteiger partial charge in [0.2, 0.25) is 0 Å². The third kappa shape index (κ3) is 3.67. The monoisotopic (exact) mass is 423 g/mol. The molecule has 0 amide bonds. The summed E-state index contributed by atoms with van der Waals surface area (Å²) in [4.78, 5) is 4.38. The van der Waals surface area contributed by atoms with Gasteiger partial charge in [0.15, 0.2) is 5.82 Å². The maximum absolute atomic E-state index is 6.19. The molecule has 110 valence electrons. The molecule has 2 aromatic rings. The number of rotatable bonds is 6. The molecule has 0 bridgehead atoms. The summed E-state index contributed by atoms with van der Waals surface area (Å²) in [5, 5.41) is 3.97. The number of hydrogen-bond donors (Lipinski definition) is 1. The molecule has 2 aromatic heterocycles. The Hall–Kier alpha value is -0.280. The van der Waals surface area contributed by atoms with Gasteiger partial charge in [0.25, 0.3) is 5.89 Å². The Labute approximate surface area is 138 Å². The van der Waals surface area contributed by atoms with Crippen molar-refractivity contribution >= 4 is 43.2 Å². The van der Waals surface area contributed by atoms with Crippen molar-refractivity contribution < 1.29 is 9.26 Å². The first-order chi connectivity index (χ1) is 9.44. The van der Waals surface area contributed by atoms with Crippen molar-refractivity contribution in [3.05, 3.63) is 19.5 Å². The van der Waals surface area contributed by atoms with Gasteiger partial charge in [-0.2, -0.15) is 4.98 Å². The minimum Gasteiger partial charge on any atom is -0.379 e. The van der Waals surface area contributed by atoms with Crippen LogP contribution < -0.4 is 5.73 Å². The Morgan fingerprint density at radius 2 is 2.25 bits per heavy atom. The molecule has 2 heterocycles. The molecule has 5 nitrogen and oxygen atoms in total. The van der Waals surface area contributed by atoms with Gasteiger partial charge in [-0.1, -0.05) is 12.1 Å². The van der Waals surface area contributed by atoms with Crippen molar-refractivity contribution in [1.82, 2.24) is 10.1 Å². The zero-order valence-corrected chi connectivity index (χ0v) is 15.1. The number of aromatic nitrogens is 2. The largest absolute Gasteiger partial charge is 0.379 e. The second-order valence-electron chi connectivity index (χ2n) is 4.63. The summed E-state index contributed by atoms with van der Waals surface area (Å²) in [5.41, 5.74) is 6.27. The van der Waals surface area contributed by atoms with Crippen LogP contribution in [0, 0.1) is 0 Å². The Kier molecular flexibility index (Phi) is 5.36. The van der Waals surface area contributed by atoms with Crippen molar-refractivity contribution in [2.24, 2.45) is 5.73 Å². The van der Waals surface area contributed by atoms with E-state index in [1.165, 1.54) is 0 Å². The molecule has 0 aliphatic heterocycles. The van der Waals surface area contributed by atoms with E-state index in [0.29, 0.717) is 24.9 Å². The molecule has 0 saturated heterocycles. The zero-order valence-electron chi connectivity index (χ0n) is 11.2. The van der Waals surface area contributed by atoms with Gasteiger partial charge in [0.1, 0.15) is 5.54 Å². The van der Waals surface area contributed by atoms with E-state index in [0.717, 1.165) is 19.6 Å². The first-order valence-electron chi connectivity index (χ1n) is 6.10. The smallest absolute Gasteiger partial charge is 0.260 e. The van der Waals surface area contributed by atoms with Gasteiger partial charge in [-0.3, -0.25) is 0 Å². The second-order valence-corrected chi connectivity index (χ2v) is 8.38. The Morgan fingerprint density at radius 1 is 1.50 bits per heavy atom. The zero-order chi connectivity index (χ0) is 14.8. The molecule has 0 aromatic carbocycles. The van der Waals surface area contributed by atoms with Crippen molar-refractivity contribution in [2.75, 3.05) is 13.2 Å². The van der Waals surface area contributed by atoms with E-state index >= 15 is 0 Å². The summed E-state index contributed by atoms with van der Waals surface area (Å²) in [6.45, 7) is 4.90. The highest BCUT2D eigenvalue weighted by Crippen LogP contribution is 2.38. The van der Waals surface area contributed by atoms with E-state index in [4.69, 9.17) is 15.0 Å². The molecule has 1 unspecified atom stereocenters. The molecular weight excluding hydrogens is 410 g/mol.